The van der Waals surface area contributed by atoms with Crippen LogP contribution < -0.4 is 0 Å². The first kappa shape index (κ1) is 15.6. The SMILES string of the molecule is CN(C)C(=O)n1c(O)c(C(=O)c2cccs2)c2cc(Cl)ccc21. The van der Waals surface area contributed by atoms with E-state index >= 15 is 0 Å². The fraction of sp³-hybridized carbons (Fsp3) is 0.125. The molecule has 0 radical (unpaired) electrons. The van der Waals surface area contributed by atoms with Gasteiger partial charge in [0, 0.05) is 24.5 Å². The molecule has 1 aromatic carbocycles. The quantitative estimate of drug-likeness (QED) is 0.716. The zero-order valence-corrected chi connectivity index (χ0v) is 14.0. The minimum Gasteiger partial charge on any atom is -0.494 e. The summed E-state index contributed by atoms with van der Waals surface area (Å²) in [5.41, 5.74) is 0.519. The van der Waals surface area contributed by atoms with Crippen molar-refractivity contribution in [3.8, 4) is 5.88 Å². The number of nitrogens with zero attached hydrogens (tertiary/aromatic N) is 2. The molecular formula is C16H13ClN2O3S. The predicted octanol–water partition coefficient (Wildman–Crippen LogP) is 3.82. The van der Waals surface area contributed by atoms with Crippen molar-refractivity contribution in [2.45, 2.75) is 0 Å². The van der Waals surface area contributed by atoms with Crippen molar-refractivity contribution in [3.05, 3.63) is 51.2 Å². The molecule has 0 unspecified atom stereocenters. The fourth-order valence-electron chi connectivity index (χ4n) is 2.40. The van der Waals surface area contributed by atoms with Gasteiger partial charge in [-0.25, -0.2) is 9.36 Å². The van der Waals surface area contributed by atoms with Crippen LogP contribution in [0.5, 0.6) is 5.88 Å². The van der Waals surface area contributed by atoms with Gasteiger partial charge in [0.25, 0.3) is 0 Å². The first-order valence-electron chi connectivity index (χ1n) is 6.74. The van der Waals surface area contributed by atoms with Crippen LogP contribution in [-0.2, 0) is 0 Å². The monoisotopic (exact) mass is 348 g/mol. The third kappa shape index (κ3) is 2.50. The number of aromatic nitrogens is 1. The number of carbonyl (C=O) groups is 2. The Balaban J connectivity index is 2.33. The Morgan fingerprint density at radius 2 is 2.00 bits per heavy atom. The van der Waals surface area contributed by atoms with Crippen LogP contribution in [0.1, 0.15) is 15.2 Å². The van der Waals surface area contributed by atoms with Crippen LogP contribution in [0, 0.1) is 0 Å². The van der Waals surface area contributed by atoms with E-state index in [1.54, 1.807) is 49.8 Å². The summed E-state index contributed by atoms with van der Waals surface area (Å²) in [7, 11) is 3.15. The molecule has 0 spiro atoms. The second-order valence-electron chi connectivity index (χ2n) is 5.18. The maximum absolute atomic E-state index is 12.7. The van der Waals surface area contributed by atoms with Gasteiger partial charge in [0.15, 0.2) is 0 Å². The highest BCUT2D eigenvalue weighted by molar-refractivity contribution is 7.12. The molecule has 0 saturated carbocycles. The molecule has 3 rings (SSSR count). The van der Waals surface area contributed by atoms with Crippen LogP contribution in [0.25, 0.3) is 10.9 Å². The number of hydrogen-bond acceptors (Lipinski definition) is 4. The summed E-state index contributed by atoms with van der Waals surface area (Å²) in [4.78, 5) is 26.9. The summed E-state index contributed by atoms with van der Waals surface area (Å²) in [6.45, 7) is 0. The number of thiophene rings is 1. The average molecular weight is 349 g/mol. The number of aromatic hydroxyl groups is 1. The van der Waals surface area contributed by atoms with E-state index in [-0.39, 0.29) is 17.2 Å². The van der Waals surface area contributed by atoms with Crippen molar-refractivity contribution in [2.24, 2.45) is 0 Å². The summed E-state index contributed by atoms with van der Waals surface area (Å²) in [5.74, 6) is -0.713. The zero-order chi connectivity index (χ0) is 16.7. The largest absolute Gasteiger partial charge is 0.494 e. The van der Waals surface area contributed by atoms with Crippen LogP contribution in [-0.4, -0.2) is 40.5 Å². The third-order valence-electron chi connectivity index (χ3n) is 3.45. The molecule has 118 valence electrons. The Hall–Kier alpha value is -2.31. The lowest BCUT2D eigenvalue weighted by atomic mass is 10.1. The van der Waals surface area contributed by atoms with Gasteiger partial charge < -0.3 is 10.0 Å². The van der Waals surface area contributed by atoms with E-state index in [2.05, 4.69) is 0 Å². The van der Waals surface area contributed by atoms with Gasteiger partial charge in [0.1, 0.15) is 0 Å². The van der Waals surface area contributed by atoms with E-state index in [0.717, 1.165) is 4.57 Å². The maximum Gasteiger partial charge on any atom is 0.330 e. The van der Waals surface area contributed by atoms with Gasteiger partial charge in [-0.2, -0.15) is 0 Å². The summed E-state index contributed by atoms with van der Waals surface area (Å²) in [6.07, 6.45) is 0. The number of ketones is 1. The highest BCUT2D eigenvalue weighted by Crippen LogP contribution is 2.35. The van der Waals surface area contributed by atoms with Gasteiger partial charge in [0.2, 0.25) is 11.7 Å². The van der Waals surface area contributed by atoms with Gasteiger partial charge >= 0.3 is 6.03 Å². The van der Waals surface area contributed by atoms with E-state index in [1.165, 1.54) is 16.2 Å². The summed E-state index contributed by atoms with van der Waals surface area (Å²) in [6, 6.07) is 7.79. The number of benzene rings is 1. The first-order valence-corrected chi connectivity index (χ1v) is 8.00. The van der Waals surface area contributed by atoms with Crippen molar-refractivity contribution >= 4 is 45.7 Å². The number of fused-ring (bicyclic) bond motifs is 1. The zero-order valence-electron chi connectivity index (χ0n) is 12.4. The van der Waals surface area contributed by atoms with Crippen LogP contribution >= 0.6 is 22.9 Å². The van der Waals surface area contributed by atoms with Crippen LogP contribution in [0.4, 0.5) is 4.79 Å². The van der Waals surface area contributed by atoms with Gasteiger partial charge in [-0.05, 0) is 29.6 Å². The minimum absolute atomic E-state index is 0.0835. The molecule has 2 heterocycles. The van der Waals surface area contributed by atoms with Gasteiger partial charge in [-0.3, -0.25) is 4.79 Å². The van der Waals surface area contributed by atoms with Gasteiger partial charge in [-0.1, -0.05) is 17.7 Å². The Bertz CT molecular complexity index is 913. The van der Waals surface area contributed by atoms with E-state index in [0.29, 0.717) is 20.8 Å². The number of rotatable bonds is 2. The third-order valence-corrected chi connectivity index (χ3v) is 4.55. The summed E-state index contributed by atoms with van der Waals surface area (Å²) in [5, 5.41) is 13.2. The molecule has 0 aliphatic carbocycles. The van der Waals surface area contributed by atoms with Gasteiger partial charge in [-0.15, -0.1) is 11.3 Å². The van der Waals surface area contributed by atoms with E-state index in [9.17, 15) is 14.7 Å². The number of amides is 1. The average Bonchev–Trinajstić information content (AvgIpc) is 3.11. The fourth-order valence-corrected chi connectivity index (χ4v) is 3.24. The summed E-state index contributed by atoms with van der Waals surface area (Å²) >= 11 is 7.30. The Kier molecular flexibility index (Phi) is 3.87. The molecular weight excluding hydrogens is 336 g/mol. The molecule has 0 bridgehead atoms. The molecule has 0 aliphatic heterocycles. The first-order chi connectivity index (χ1) is 10.9. The standard InChI is InChI=1S/C16H13ClN2O3S/c1-18(2)16(22)19-11-6-5-9(17)8-10(11)13(15(19)21)14(20)12-4-3-7-23-12/h3-8,21H,1-2H3. The smallest absolute Gasteiger partial charge is 0.330 e. The lowest BCUT2D eigenvalue weighted by Crippen LogP contribution is -2.26. The molecule has 5 nitrogen and oxygen atoms in total. The number of halogens is 1. The van der Waals surface area contributed by atoms with Crippen LogP contribution in [0.15, 0.2) is 35.7 Å². The molecule has 0 atom stereocenters. The second-order valence-corrected chi connectivity index (χ2v) is 6.56. The maximum atomic E-state index is 12.7. The highest BCUT2D eigenvalue weighted by atomic mass is 35.5. The lowest BCUT2D eigenvalue weighted by Gasteiger charge is -2.12. The van der Waals surface area contributed by atoms with E-state index in [4.69, 9.17) is 11.6 Å². The van der Waals surface area contributed by atoms with Crippen molar-refractivity contribution in [2.75, 3.05) is 14.1 Å². The van der Waals surface area contributed by atoms with Crippen LogP contribution in [0.3, 0.4) is 0 Å². The Morgan fingerprint density at radius 1 is 1.26 bits per heavy atom. The van der Waals surface area contributed by atoms with Crippen molar-refractivity contribution in [3.63, 3.8) is 0 Å². The van der Waals surface area contributed by atoms with E-state index in [1.807, 2.05) is 0 Å². The Morgan fingerprint density at radius 3 is 2.61 bits per heavy atom. The molecule has 2 aromatic heterocycles. The molecule has 0 fully saturated rings. The highest BCUT2D eigenvalue weighted by Gasteiger charge is 2.27. The molecule has 1 N–H and O–H groups in total. The van der Waals surface area contributed by atoms with Crippen LogP contribution in [0.2, 0.25) is 5.02 Å². The number of hydrogen-bond donors (Lipinski definition) is 1. The van der Waals surface area contributed by atoms with E-state index < -0.39 is 6.03 Å². The molecule has 0 saturated heterocycles. The normalized spacial score (nSPS) is 10.9. The second kappa shape index (κ2) is 5.72. The topological polar surface area (TPSA) is 62.5 Å². The van der Waals surface area contributed by atoms with Crippen molar-refractivity contribution in [1.29, 1.82) is 0 Å². The van der Waals surface area contributed by atoms with Crippen molar-refractivity contribution < 1.29 is 14.7 Å². The molecule has 1 amide bonds. The number of carbonyl (C=O) groups excluding carboxylic acids is 2. The lowest BCUT2D eigenvalue weighted by molar-refractivity contribution is 0.104. The molecule has 0 aliphatic rings. The van der Waals surface area contributed by atoms with Crippen molar-refractivity contribution in [1.82, 2.24) is 9.47 Å². The summed E-state index contributed by atoms with van der Waals surface area (Å²) < 4.78 is 1.12. The minimum atomic E-state index is -0.444. The molecule has 23 heavy (non-hydrogen) atoms. The predicted molar refractivity (Wildman–Crippen MR) is 90.8 cm³/mol. The molecule has 7 heteroatoms. The van der Waals surface area contributed by atoms with Gasteiger partial charge in [0.05, 0.1) is 16.0 Å². The molecule has 3 aromatic rings. The Labute approximate surface area is 141 Å².